The Morgan fingerprint density at radius 1 is 1.27 bits per heavy atom. The lowest BCUT2D eigenvalue weighted by Crippen LogP contribution is -2.40. The van der Waals surface area contributed by atoms with Gasteiger partial charge in [-0.2, -0.15) is 0 Å². The van der Waals surface area contributed by atoms with Gasteiger partial charge in [-0.1, -0.05) is 30.3 Å². The first-order valence-electron chi connectivity index (χ1n) is 8.61. The van der Waals surface area contributed by atoms with Crippen LogP contribution in [0.4, 0.5) is 0 Å². The summed E-state index contributed by atoms with van der Waals surface area (Å²) in [5, 5.41) is 14.5. The minimum Gasteiger partial charge on any atom is -0.356 e. The highest BCUT2D eigenvalue weighted by molar-refractivity contribution is 14.0. The predicted molar refractivity (Wildman–Crippen MR) is 117 cm³/mol. The zero-order valence-electron chi connectivity index (χ0n) is 16.0. The third kappa shape index (κ3) is 7.28. The molecule has 1 unspecified atom stereocenters. The summed E-state index contributed by atoms with van der Waals surface area (Å²) in [6.07, 6.45) is 2.73. The molecule has 0 radical (unpaired) electrons. The second-order valence-corrected chi connectivity index (χ2v) is 6.25. The number of benzene rings is 1. The van der Waals surface area contributed by atoms with Gasteiger partial charge in [-0.3, -0.25) is 9.89 Å². The van der Waals surface area contributed by atoms with Gasteiger partial charge in [0.15, 0.2) is 11.8 Å². The van der Waals surface area contributed by atoms with Crippen molar-refractivity contribution < 1.29 is 0 Å². The van der Waals surface area contributed by atoms with Gasteiger partial charge in [0.1, 0.15) is 6.33 Å². The van der Waals surface area contributed by atoms with E-state index in [0.29, 0.717) is 12.6 Å². The molecule has 144 valence electrons. The van der Waals surface area contributed by atoms with E-state index in [0.717, 1.165) is 31.3 Å². The van der Waals surface area contributed by atoms with Crippen LogP contribution in [-0.2, 0) is 20.1 Å². The SMILES string of the molecule is CN=C(NCCC(C)N(C)Cc1ccccc1)NCc1nncn1C.I. The van der Waals surface area contributed by atoms with Crippen molar-refractivity contribution in [2.24, 2.45) is 12.0 Å². The van der Waals surface area contributed by atoms with E-state index in [9.17, 15) is 0 Å². The number of nitrogens with zero attached hydrogens (tertiary/aromatic N) is 5. The van der Waals surface area contributed by atoms with Crippen LogP contribution in [0.1, 0.15) is 24.7 Å². The molecule has 1 atom stereocenters. The molecule has 0 bridgehead atoms. The first-order valence-corrected chi connectivity index (χ1v) is 8.61. The van der Waals surface area contributed by atoms with E-state index in [-0.39, 0.29) is 24.0 Å². The Morgan fingerprint density at radius 3 is 2.62 bits per heavy atom. The molecule has 26 heavy (non-hydrogen) atoms. The van der Waals surface area contributed by atoms with Gasteiger partial charge in [-0.25, -0.2) is 0 Å². The number of aryl methyl sites for hydroxylation is 1. The fraction of sp³-hybridized carbons (Fsp3) is 0.500. The summed E-state index contributed by atoms with van der Waals surface area (Å²) in [7, 11) is 5.87. The molecule has 0 aliphatic heterocycles. The largest absolute Gasteiger partial charge is 0.356 e. The molecule has 7 nitrogen and oxygen atoms in total. The number of nitrogens with one attached hydrogen (secondary N) is 2. The number of aliphatic imine (C=N–C) groups is 1. The van der Waals surface area contributed by atoms with Crippen LogP contribution in [-0.4, -0.2) is 52.3 Å². The molecule has 1 heterocycles. The standard InChI is InChI=1S/C18H29N7.HI/c1-15(24(3)13-16-8-6-5-7-9-16)10-11-20-18(19-2)21-12-17-23-22-14-25(17)4;/h5-9,14-15H,10-13H2,1-4H3,(H2,19,20,21);1H. The van der Waals surface area contributed by atoms with Gasteiger partial charge in [0, 0.05) is 33.2 Å². The smallest absolute Gasteiger partial charge is 0.191 e. The summed E-state index contributed by atoms with van der Waals surface area (Å²) in [5.74, 6) is 1.65. The van der Waals surface area contributed by atoms with Crippen molar-refractivity contribution in [3.05, 3.63) is 48.0 Å². The van der Waals surface area contributed by atoms with Crippen molar-refractivity contribution in [3.8, 4) is 0 Å². The Kier molecular flexibility index (Phi) is 10.2. The zero-order valence-corrected chi connectivity index (χ0v) is 18.3. The van der Waals surface area contributed by atoms with E-state index in [1.54, 1.807) is 13.4 Å². The number of guanidine groups is 1. The van der Waals surface area contributed by atoms with E-state index < -0.39 is 0 Å². The van der Waals surface area contributed by atoms with E-state index >= 15 is 0 Å². The highest BCUT2D eigenvalue weighted by Gasteiger charge is 2.10. The molecule has 0 amide bonds. The average Bonchev–Trinajstić information content (AvgIpc) is 3.03. The van der Waals surface area contributed by atoms with Crippen LogP contribution >= 0.6 is 24.0 Å². The van der Waals surface area contributed by atoms with Crippen LogP contribution < -0.4 is 10.6 Å². The molecule has 2 N–H and O–H groups in total. The molecule has 1 aromatic heterocycles. The second-order valence-electron chi connectivity index (χ2n) is 6.25. The van der Waals surface area contributed by atoms with Crippen LogP contribution in [0.2, 0.25) is 0 Å². The zero-order chi connectivity index (χ0) is 18.1. The quantitative estimate of drug-likeness (QED) is 0.350. The maximum Gasteiger partial charge on any atom is 0.191 e. The normalized spacial score (nSPS) is 12.6. The molecule has 0 saturated heterocycles. The Balaban J connectivity index is 0.00000338. The summed E-state index contributed by atoms with van der Waals surface area (Å²) < 4.78 is 1.89. The van der Waals surface area contributed by atoms with Gasteiger partial charge in [0.25, 0.3) is 0 Å². The Bertz CT molecular complexity index is 657. The van der Waals surface area contributed by atoms with Crippen LogP contribution in [0, 0.1) is 0 Å². The van der Waals surface area contributed by atoms with Crippen molar-refractivity contribution in [1.82, 2.24) is 30.3 Å². The summed E-state index contributed by atoms with van der Waals surface area (Å²) in [6.45, 7) is 4.67. The van der Waals surface area contributed by atoms with Crippen molar-refractivity contribution in [2.45, 2.75) is 32.5 Å². The third-order valence-corrected chi connectivity index (χ3v) is 4.32. The molecule has 0 aliphatic carbocycles. The van der Waals surface area contributed by atoms with Gasteiger partial charge < -0.3 is 15.2 Å². The number of hydrogen-bond acceptors (Lipinski definition) is 4. The fourth-order valence-electron chi connectivity index (χ4n) is 2.50. The molecule has 8 heteroatoms. The van der Waals surface area contributed by atoms with E-state index in [1.165, 1.54) is 5.56 Å². The molecular formula is C18H30IN7. The summed E-state index contributed by atoms with van der Waals surface area (Å²) >= 11 is 0. The molecular weight excluding hydrogens is 441 g/mol. The number of hydrogen-bond donors (Lipinski definition) is 2. The average molecular weight is 471 g/mol. The summed E-state index contributed by atoms with van der Waals surface area (Å²) in [4.78, 5) is 6.62. The number of aromatic nitrogens is 3. The highest BCUT2D eigenvalue weighted by Crippen LogP contribution is 2.07. The number of rotatable bonds is 8. The minimum atomic E-state index is 0. The molecule has 2 aromatic rings. The number of halogens is 1. The summed E-state index contributed by atoms with van der Waals surface area (Å²) in [5.41, 5.74) is 1.34. The highest BCUT2D eigenvalue weighted by atomic mass is 127. The Labute approximate surface area is 173 Å². The molecule has 0 spiro atoms. The predicted octanol–water partition coefficient (Wildman–Crippen LogP) is 2.01. The molecule has 1 aromatic carbocycles. The lowest BCUT2D eigenvalue weighted by atomic mass is 10.1. The lowest BCUT2D eigenvalue weighted by Gasteiger charge is -2.25. The van der Waals surface area contributed by atoms with Crippen molar-refractivity contribution >= 4 is 29.9 Å². The van der Waals surface area contributed by atoms with Crippen molar-refractivity contribution in [1.29, 1.82) is 0 Å². The molecule has 2 rings (SSSR count). The Morgan fingerprint density at radius 2 is 2.00 bits per heavy atom. The first kappa shape index (κ1) is 22.4. The first-order chi connectivity index (χ1) is 12.1. The minimum absolute atomic E-state index is 0. The van der Waals surface area contributed by atoms with Crippen LogP contribution in [0.5, 0.6) is 0 Å². The van der Waals surface area contributed by atoms with Crippen LogP contribution in [0.25, 0.3) is 0 Å². The Hall–Kier alpha value is -1.68. The maximum absolute atomic E-state index is 4.25. The second kappa shape index (κ2) is 11.8. The van der Waals surface area contributed by atoms with Crippen molar-refractivity contribution in [2.75, 3.05) is 20.6 Å². The molecule has 0 fully saturated rings. The van der Waals surface area contributed by atoms with E-state index in [2.05, 4.69) is 75.0 Å². The van der Waals surface area contributed by atoms with Gasteiger partial charge >= 0.3 is 0 Å². The maximum atomic E-state index is 4.25. The molecule has 0 saturated carbocycles. The topological polar surface area (TPSA) is 70.4 Å². The third-order valence-electron chi connectivity index (χ3n) is 4.32. The van der Waals surface area contributed by atoms with E-state index in [4.69, 9.17) is 0 Å². The van der Waals surface area contributed by atoms with E-state index in [1.807, 2.05) is 11.6 Å². The monoisotopic (exact) mass is 471 g/mol. The van der Waals surface area contributed by atoms with Crippen molar-refractivity contribution in [3.63, 3.8) is 0 Å². The van der Waals surface area contributed by atoms with Gasteiger partial charge in [0.2, 0.25) is 0 Å². The van der Waals surface area contributed by atoms with Crippen LogP contribution in [0.15, 0.2) is 41.7 Å². The van der Waals surface area contributed by atoms with Gasteiger partial charge in [0.05, 0.1) is 6.54 Å². The lowest BCUT2D eigenvalue weighted by molar-refractivity contribution is 0.238. The van der Waals surface area contributed by atoms with Gasteiger partial charge in [-0.15, -0.1) is 34.2 Å². The van der Waals surface area contributed by atoms with Gasteiger partial charge in [-0.05, 0) is 26.0 Å². The van der Waals surface area contributed by atoms with Crippen LogP contribution in [0.3, 0.4) is 0 Å². The summed E-state index contributed by atoms with van der Waals surface area (Å²) in [6, 6.07) is 11.0. The fourth-order valence-corrected chi connectivity index (χ4v) is 2.50. The molecule has 0 aliphatic rings.